The van der Waals surface area contributed by atoms with E-state index >= 15 is 0 Å². The minimum absolute atomic E-state index is 0.0208. The number of para-hydroxylation sites is 1. The highest BCUT2D eigenvalue weighted by Crippen LogP contribution is 2.29. The van der Waals surface area contributed by atoms with Crippen LogP contribution in [0, 0.1) is 10.1 Å². The van der Waals surface area contributed by atoms with Crippen LogP contribution in [0.3, 0.4) is 0 Å². The van der Waals surface area contributed by atoms with E-state index in [2.05, 4.69) is 0 Å². The fourth-order valence-electron chi connectivity index (χ4n) is 4.23. The monoisotopic (exact) mass is 471 g/mol. The van der Waals surface area contributed by atoms with Crippen LogP contribution in [-0.2, 0) is 31.7 Å². The Bertz CT molecular complexity index is 1290. The molecule has 0 N–H and O–H groups in total. The summed E-state index contributed by atoms with van der Waals surface area (Å²) < 4.78 is 33.9. The summed E-state index contributed by atoms with van der Waals surface area (Å²) in [5, 5.41) is 11.4. The molecule has 2 heterocycles. The minimum Gasteiger partial charge on any atom is -0.372 e. The van der Waals surface area contributed by atoms with Crippen molar-refractivity contribution >= 4 is 32.3 Å². The number of fused-ring (bicyclic) bond motifs is 1. The lowest BCUT2D eigenvalue weighted by molar-refractivity contribution is -0.384. The topological polar surface area (TPSA) is 112 Å². The van der Waals surface area contributed by atoms with E-state index in [0.29, 0.717) is 29.6 Å². The van der Waals surface area contributed by atoms with Crippen LogP contribution in [0.25, 0.3) is 10.9 Å². The zero-order valence-corrected chi connectivity index (χ0v) is 19.2. The third kappa shape index (κ3) is 4.91. The molecule has 9 nitrogen and oxygen atoms in total. The minimum atomic E-state index is -3.77. The molecule has 1 saturated heterocycles. The summed E-state index contributed by atoms with van der Waals surface area (Å²) in [6.07, 6.45) is 1.39. The van der Waals surface area contributed by atoms with Gasteiger partial charge in [-0.25, -0.2) is 8.42 Å². The van der Waals surface area contributed by atoms with Gasteiger partial charge in [0.05, 0.1) is 27.8 Å². The lowest BCUT2D eigenvalue weighted by Crippen LogP contribution is -2.49. The fraction of sp³-hybridized carbons (Fsp3) is 0.348. The number of carbonyl (C=O) groups excluding carboxylic acids is 1. The number of nitro groups is 1. The molecule has 0 spiro atoms. The van der Waals surface area contributed by atoms with E-state index in [0.717, 1.165) is 0 Å². The van der Waals surface area contributed by atoms with E-state index in [-0.39, 0.29) is 41.0 Å². The van der Waals surface area contributed by atoms with Gasteiger partial charge in [0.15, 0.2) is 9.84 Å². The standard InChI is InChI=1S/C23H25N3O6S/c1-16-11-25(12-17(2)32-16)23(27)14-24-13-22(20-5-3-4-6-21(20)24)33(30,31)15-18-7-9-19(10-8-18)26(28)29/h3-10,13,16-17H,11-12,14-15H2,1-2H3. The summed E-state index contributed by atoms with van der Waals surface area (Å²) in [5.74, 6) is -0.400. The quantitative estimate of drug-likeness (QED) is 0.403. The van der Waals surface area contributed by atoms with Gasteiger partial charge in [-0.1, -0.05) is 30.3 Å². The summed E-state index contributed by atoms with van der Waals surface area (Å²) in [4.78, 5) is 25.2. The number of amides is 1. The van der Waals surface area contributed by atoms with Crippen molar-refractivity contribution in [3.05, 3.63) is 70.4 Å². The zero-order valence-electron chi connectivity index (χ0n) is 18.4. The number of morpholine rings is 1. The summed E-state index contributed by atoms with van der Waals surface area (Å²) in [6.45, 7) is 4.85. The molecule has 0 radical (unpaired) electrons. The van der Waals surface area contributed by atoms with Gasteiger partial charge in [0.1, 0.15) is 6.54 Å². The van der Waals surface area contributed by atoms with E-state index in [1.54, 1.807) is 33.7 Å². The van der Waals surface area contributed by atoms with Crippen molar-refractivity contribution in [2.45, 2.75) is 43.2 Å². The van der Waals surface area contributed by atoms with Crippen LogP contribution in [0.4, 0.5) is 5.69 Å². The molecule has 0 bridgehead atoms. The number of benzene rings is 2. The second-order valence-electron chi connectivity index (χ2n) is 8.38. The molecule has 0 saturated carbocycles. The molecule has 174 valence electrons. The molecule has 1 aliphatic rings. The van der Waals surface area contributed by atoms with Crippen LogP contribution in [-0.4, -0.2) is 54.0 Å². The zero-order chi connectivity index (χ0) is 23.8. The highest BCUT2D eigenvalue weighted by Gasteiger charge is 2.27. The van der Waals surface area contributed by atoms with Crippen molar-refractivity contribution in [1.82, 2.24) is 9.47 Å². The molecule has 2 aromatic carbocycles. The van der Waals surface area contributed by atoms with Gasteiger partial charge in [-0.05, 0) is 25.5 Å². The maximum Gasteiger partial charge on any atom is 0.269 e. The molecule has 1 aliphatic heterocycles. The molecule has 4 rings (SSSR count). The number of rotatable bonds is 6. The summed E-state index contributed by atoms with van der Waals surface area (Å²) in [5.41, 5.74) is 1.00. The van der Waals surface area contributed by atoms with Gasteiger partial charge in [0, 0.05) is 42.3 Å². The first-order valence-corrected chi connectivity index (χ1v) is 12.3. The van der Waals surface area contributed by atoms with Gasteiger partial charge in [-0.15, -0.1) is 0 Å². The number of sulfone groups is 1. The Kier molecular flexibility index (Phi) is 6.22. The number of non-ortho nitro benzene ring substituents is 1. The average Bonchev–Trinajstić information content (AvgIpc) is 3.12. The number of carbonyl (C=O) groups is 1. The highest BCUT2D eigenvalue weighted by molar-refractivity contribution is 7.90. The Morgan fingerprint density at radius 2 is 1.73 bits per heavy atom. The van der Waals surface area contributed by atoms with Crippen LogP contribution in [0.15, 0.2) is 59.6 Å². The van der Waals surface area contributed by atoms with Gasteiger partial charge in [0.2, 0.25) is 5.91 Å². The molecule has 0 aliphatic carbocycles. The smallest absolute Gasteiger partial charge is 0.269 e. The van der Waals surface area contributed by atoms with E-state index in [1.807, 2.05) is 13.8 Å². The van der Waals surface area contributed by atoms with Crippen molar-refractivity contribution in [3.63, 3.8) is 0 Å². The molecule has 3 aromatic rings. The fourth-order valence-corrected chi connectivity index (χ4v) is 5.81. The predicted octanol–water partition coefficient (Wildman–Crippen LogP) is 3.16. The largest absolute Gasteiger partial charge is 0.372 e. The van der Waals surface area contributed by atoms with Crippen LogP contribution < -0.4 is 0 Å². The molecule has 1 amide bonds. The molecule has 1 fully saturated rings. The van der Waals surface area contributed by atoms with E-state index < -0.39 is 14.8 Å². The maximum atomic E-state index is 13.3. The Balaban J connectivity index is 1.62. The van der Waals surface area contributed by atoms with Crippen LogP contribution in [0.5, 0.6) is 0 Å². The lowest BCUT2D eigenvalue weighted by Gasteiger charge is -2.35. The summed E-state index contributed by atoms with van der Waals surface area (Å²) in [6, 6.07) is 12.5. The second kappa shape index (κ2) is 8.95. The number of nitrogens with zero attached hydrogens (tertiary/aromatic N) is 3. The first-order valence-electron chi connectivity index (χ1n) is 10.6. The maximum absolute atomic E-state index is 13.3. The van der Waals surface area contributed by atoms with Crippen molar-refractivity contribution < 1.29 is 22.9 Å². The van der Waals surface area contributed by atoms with Crippen LogP contribution >= 0.6 is 0 Å². The molecular weight excluding hydrogens is 446 g/mol. The number of hydrogen-bond donors (Lipinski definition) is 0. The predicted molar refractivity (Wildman–Crippen MR) is 123 cm³/mol. The van der Waals surface area contributed by atoms with Gasteiger partial charge in [-0.3, -0.25) is 14.9 Å². The average molecular weight is 472 g/mol. The number of nitro benzene ring substituents is 1. The molecule has 33 heavy (non-hydrogen) atoms. The van der Waals surface area contributed by atoms with Crippen LogP contribution in [0.2, 0.25) is 0 Å². The number of ether oxygens (including phenoxy) is 1. The third-order valence-corrected chi connectivity index (χ3v) is 7.38. The Hall–Kier alpha value is -3.24. The third-order valence-electron chi connectivity index (χ3n) is 5.67. The van der Waals surface area contributed by atoms with E-state index in [1.165, 1.54) is 30.5 Å². The first kappa shape index (κ1) is 22.9. The molecule has 1 aromatic heterocycles. The lowest BCUT2D eigenvalue weighted by atomic mass is 10.2. The van der Waals surface area contributed by atoms with Crippen molar-refractivity contribution in [2.75, 3.05) is 13.1 Å². The van der Waals surface area contributed by atoms with Gasteiger partial charge in [-0.2, -0.15) is 0 Å². The number of hydrogen-bond acceptors (Lipinski definition) is 6. The van der Waals surface area contributed by atoms with Gasteiger partial charge >= 0.3 is 0 Å². The molecule has 10 heteroatoms. The van der Waals surface area contributed by atoms with E-state index in [9.17, 15) is 23.3 Å². The van der Waals surface area contributed by atoms with Gasteiger partial charge < -0.3 is 14.2 Å². The van der Waals surface area contributed by atoms with Crippen molar-refractivity contribution in [1.29, 1.82) is 0 Å². The molecule has 2 atom stereocenters. The van der Waals surface area contributed by atoms with Crippen LogP contribution in [0.1, 0.15) is 19.4 Å². The molecular formula is C23H25N3O6S. The Morgan fingerprint density at radius 1 is 1.09 bits per heavy atom. The Labute approximate surface area is 191 Å². The number of aromatic nitrogens is 1. The summed E-state index contributed by atoms with van der Waals surface area (Å²) >= 11 is 0. The normalized spacial score (nSPS) is 19.0. The second-order valence-corrected chi connectivity index (χ2v) is 10.3. The molecule has 2 unspecified atom stereocenters. The first-order chi connectivity index (χ1) is 15.6. The van der Waals surface area contributed by atoms with E-state index in [4.69, 9.17) is 4.74 Å². The highest BCUT2D eigenvalue weighted by atomic mass is 32.2. The Morgan fingerprint density at radius 3 is 2.36 bits per heavy atom. The van der Waals surface area contributed by atoms with Gasteiger partial charge in [0.25, 0.3) is 5.69 Å². The summed E-state index contributed by atoms with van der Waals surface area (Å²) in [7, 11) is -3.77. The SMILES string of the molecule is CC1CN(C(=O)Cn2cc(S(=O)(=O)Cc3ccc([N+](=O)[O-])cc3)c3ccccc32)CC(C)O1. The van der Waals surface area contributed by atoms with Crippen molar-refractivity contribution in [2.24, 2.45) is 0 Å². The van der Waals surface area contributed by atoms with Crippen molar-refractivity contribution in [3.8, 4) is 0 Å².